The molecule has 8 nitrogen and oxygen atoms in total. The van der Waals surface area contributed by atoms with Gasteiger partial charge in [0.25, 0.3) is 0 Å². The maximum atomic E-state index is 10.6. The summed E-state index contributed by atoms with van der Waals surface area (Å²) in [6, 6.07) is 11.9. The van der Waals surface area contributed by atoms with Gasteiger partial charge < -0.3 is 15.2 Å². The molecular weight excluding hydrogens is 483 g/mol. The van der Waals surface area contributed by atoms with Crippen LogP contribution in [0.25, 0.3) is 21.9 Å². The molecule has 3 N–H and O–H groups in total. The number of halogens is 4. The van der Waals surface area contributed by atoms with Gasteiger partial charge in [-0.15, -0.1) is 0 Å². The highest BCUT2D eigenvalue weighted by molar-refractivity contribution is 9.10. The Labute approximate surface area is 181 Å². The third-order valence-electron chi connectivity index (χ3n) is 4.12. The second-order valence-corrected chi connectivity index (χ2v) is 7.02. The summed E-state index contributed by atoms with van der Waals surface area (Å²) >= 11 is 3.53. The number of ether oxygens (including phenoxy) is 1. The number of carboxylic acid groups (broad SMARTS) is 1. The van der Waals surface area contributed by atoms with Gasteiger partial charge in [-0.25, -0.2) is 4.79 Å². The topological polar surface area (TPSA) is 113 Å². The third-order valence-corrected chi connectivity index (χ3v) is 4.74. The van der Waals surface area contributed by atoms with Crippen LogP contribution in [0.5, 0.6) is 5.75 Å². The minimum absolute atomic E-state index is 0.686. The van der Waals surface area contributed by atoms with Crippen LogP contribution in [-0.4, -0.2) is 44.8 Å². The third kappa shape index (κ3) is 5.40. The molecule has 0 unspecified atom stereocenters. The molecule has 0 amide bonds. The zero-order chi connectivity index (χ0) is 22.6. The number of methoxy groups -OCH3 is 1. The first-order chi connectivity index (χ1) is 14.7. The minimum atomic E-state index is -5.08. The number of hydrogen-bond donors (Lipinski definition) is 3. The standard InChI is InChI=1S/C17H14BrN5O.C2HF3O2/c1-24-17-8-15-11(7-12(17)18)13(4-5-19-15)20-9-10-2-3-14-16(6-10)22-23-21-14;3-2(4,5)1(6)7/h2-8H,9H2,1H3,(H,19,20)(H,21,22,23);(H,6,7). The van der Waals surface area contributed by atoms with Crippen molar-refractivity contribution in [1.29, 1.82) is 0 Å². The number of carboxylic acids is 1. The van der Waals surface area contributed by atoms with Gasteiger partial charge in [0.05, 0.1) is 17.1 Å². The van der Waals surface area contributed by atoms with Gasteiger partial charge in [-0.2, -0.15) is 28.6 Å². The van der Waals surface area contributed by atoms with Crippen LogP contribution in [0.2, 0.25) is 0 Å². The highest BCUT2D eigenvalue weighted by Gasteiger charge is 2.38. The van der Waals surface area contributed by atoms with Crippen LogP contribution in [0.15, 0.2) is 47.1 Å². The smallest absolute Gasteiger partial charge is 0.490 e. The summed E-state index contributed by atoms with van der Waals surface area (Å²) in [6.07, 6.45) is -3.29. The molecular formula is C19H15BrF3N5O3. The van der Waals surface area contributed by atoms with E-state index in [1.54, 1.807) is 13.3 Å². The number of anilines is 1. The lowest BCUT2D eigenvalue weighted by molar-refractivity contribution is -0.192. The van der Waals surface area contributed by atoms with Crippen molar-refractivity contribution in [2.75, 3.05) is 12.4 Å². The van der Waals surface area contributed by atoms with Crippen molar-refractivity contribution in [3.63, 3.8) is 0 Å². The van der Waals surface area contributed by atoms with Crippen molar-refractivity contribution in [3.8, 4) is 5.75 Å². The molecule has 0 aliphatic carbocycles. The van der Waals surface area contributed by atoms with Crippen molar-refractivity contribution in [3.05, 3.63) is 52.6 Å². The summed E-state index contributed by atoms with van der Waals surface area (Å²) < 4.78 is 38.0. The summed E-state index contributed by atoms with van der Waals surface area (Å²) in [4.78, 5) is 13.3. The van der Waals surface area contributed by atoms with Crippen molar-refractivity contribution in [2.45, 2.75) is 12.7 Å². The van der Waals surface area contributed by atoms with Crippen molar-refractivity contribution >= 4 is 49.5 Å². The summed E-state index contributed by atoms with van der Waals surface area (Å²) in [5.41, 5.74) is 4.76. The van der Waals surface area contributed by atoms with Crippen LogP contribution < -0.4 is 10.1 Å². The van der Waals surface area contributed by atoms with Gasteiger partial charge in [0.15, 0.2) is 0 Å². The zero-order valence-corrected chi connectivity index (χ0v) is 17.5. The Kier molecular flexibility index (Phi) is 6.59. The van der Waals surface area contributed by atoms with E-state index in [1.165, 1.54) is 0 Å². The van der Waals surface area contributed by atoms with E-state index in [0.29, 0.717) is 6.54 Å². The molecule has 2 aromatic carbocycles. The molecule has 0 aliphatic rings. The van der Waals surface area contributed by atoms with E-state index in [9.17, 15) is 13.2 Å². The van der Waals surface area contributed by atoms with E-state index in [-0.39, 0.29) is 0 Å². The van der Waals surface area contributed by atoms with E-state index < -0.39 is 12.1 Å². The molecule has 0 saturated heterocycles. The van der Waals surface area contributed by atoms with Crippen LogP contribution in [0, 0.1) is 0 Å². The summed E-state index contributed by atoms with van der Waals surface area (Å²) in [5.74, 6) is -1.99. The number of aromatic amines is 1. The Hall–Kier alpha value is -3.41. The molecule has 0 saturated carbocycles. The highest BCUT2D eigenvalue weighted by Crippen LogP contribution is 2.32. The Balaban J connectivity index is 0.000000339. The highest BCUT2D eigenvalue weighted by atomic mass is 79.9. The summed E-state index contributed by atoms with van der Waals surface area (Å²) in [7, 11) is 1.65. The fraction of sp³-hybridized carbons (Fsp3) is 0.158. The number of rotatable bonds is 4. The van der Waals surface area contributed by atoms with Gasteiger partial charge in [-0.05, 0) is 45.8 Å². The molecule has 0 atom stereocenters. The Morgan fingerprint density at radius 1 is 1.16 bits per heavy atom. The molecule has 0 bridgehead atoms. The molecule has 0 aliphatic heterocycles. The van der Waals surface area contributed by atoms with Crippen LogP contribution in [-0.2, 0) is 11.3 Å². The molecule has 0 spiro atoms. The van der Waals surface area contributed by atoms with Crippen molar-refractivity contribution < 1.29 is 27.8 Å². The maximum Gasteiger partial charge on any atom is 0.490 e. The van der Waals surface area contributed by atoms with Crippen LogP contribution >= 0.6 is 15.9 Å². The van der Waals surface area contributed by atoms with E-state index in [2.05, 4.69) is 41.6 Å². The number of aromatic nitrogens is 4. The first-order valence-corrected chi connectivity index (χ1v) is 9.44. The number of H-pyrrole nitrogens is 1. The summed E-state index contributed by atoms with van der Waals surface area (Å²) in [5, 5.41) is 22.4. The quantitative estimate of drug-likeness (QED) is 0.379. The lowest BCUT2D eigenvalue weighted by atomic mass is 10.1. The van der Waals surface area contributed by atoms with E-state index in [4.69, 9.17) is 14.6 Å². The van der Waals surface area contributed by atoms with Crippen LogP contribution in [0.3, 0.4) is 0 Å². The molecule has 2 heterocycles. The Bertz CT molecular complexity index is 1230. The normalized spacial score (nSPS) is 11.1. The van der Waals surface area contributed by atoms with Gasteiger partial charge in [0.2, 0.25) is 0 Å². The zero-order valence-electron chi connectivity index (χ0n) is 15.9. The lowest BCUT2D eigenvalue weighted by Crippen LogP contribution is -2.21. The fourth-order valence-corrected chi connectivity index (χ4v) is 3.16. The number of nitrogens with zero attached hydrogens (tertiary/aromatic N) is 3. The van der Waals surface area contributed by atoms with Gasteiger partial charge in [-0.3, -0.25) is 4.98 Å². The summed E-state index contributed by atoms with van der Waals surface area (Å²) in [6.45, 7) is 0.686. The SMILES string of the molecule is COc1cc2nccc(NCc3ccc4n[nH]nc4c3)c2cc1Br.O=C(O)C(F)(F)F. The molecule has 4 aromatic rings. The van der Waals surface area contributed by atoms with Gasteiger partial charge in [-0.1, -0.05) is 6.07 Å². The average Bonchev–Trinajstić information content (AvgIpc) is 3.19. The molecule has 4 rings (SSSR count). The Morgan fingerprint density at radius 2 is 1.87 bits per heavy atom. The first kappa shape index (κ1) is 22.3. The number of alkyl halides is 3. The van der Waals surface area contributed by atoms with Gasteiger partial charge in [0, 0.05) is 29.9 Å². The largest absolute Gasteiger partial charge is 0.495 e. The Morgan fingerprint density at radius 3 is 2.55 bits per heavy atom. The molecule has 2 aromatic heterocycles. The van der Waals surface area contributed by atoms with E-state index in [1.807, 2.05) is 36.4 Å². The monoisotopic (exact) mass is 497 g/mol. The lowest BCUT2D eigenvalue weighted by Gasteiger charge is -2.11. The first-order valence-electron chi connectivity index (χ1n) is 8.64. The number of hydrogen-bond acceptors (Lipinski definition) is 6. The predicted octanol–water partition coefficient (Wildman–Crippen LogP) is 4.52. The minimum Gasteiger partial charge on any atom is -0.495 e. The van der Waals surface area contributed by atoms with Gasteiger partial charge >= 0.3 is 12.1 Å². The van der Waals surface area contributed by atoms with Crippen molar-refractivity contribution in [1.82, 2.24) is 20.4 Å². The number of fused-ring (bicyclic) bond motifs is 2. The predicted molar refractivity (Wildman–Crippen MR) is 111 cm³/mol. The molecule has 31 heavy (non-hydrogen) atoms. The number of pyridine rings is 1. The van der Waals surface area contributed by atoms with Crippen LogP contribution in [0.4, 0.5) is 18.9 Å². The molecule has 0 fully saturated rings. The number of aliphatic carboxylic acids is 1. The fourth-order valence-electron chi connectivity index (χ4n) is 2.65. The number of benzene rings is 2. The van der Waals surface area contributed by atoms with Gasteiger partial charge in [0.1, 0.15) is 16.8 Å². The van der Waals surface area contributed by atoms with E-state index >= 15 is 0 Å². The second kappa shape index (κ2) is 9.16. The average molecular weight is 498 g/mol. The molecule has 12 heteroatoms. The van der Waals surface area contributed by atoms with E-state index in [0.717, 1.165) is 43.4 Å². The second-order valence-electron chi connectivity index (χ2n) is 6.17. The maximum absolute atomic E-state index is 10.6. The van der Waals surface area contributed by atoms with Crippen LogP contribution in [0.1, 0.15) is 5.56 Å². The molecule has 162 valence electrons. The van der Waals surface area contributed by atoms with Crippen molar-refractivity contribution in [2.24, 2.45) is 0 Å². The number of nitrogens with one attached hydrogen (secondary N) is 2. The number of carbonyl (C=O) groups is 1. The molecule has 0 radical (unpaired) electrons.